The lowest BCUT2D eigenvalue weighted by molar-refractivity contribution is -0.141. The minimum Gasteiger partial charge on any atom is -0.495 e. The van der Waals surface area contributed by atoms with Crippen LogP contribution in [-0.4, -0.2) is 42.2 Å². The Morgan fingerprint density at radius 2 is 2.05 bits per heavy atom. The minimum absolute atomic E-state index is 0.501. The van der Waals surface area contributed by atoms with Gasteiger partial charge in [0.25, 0.3) is 0 Å². The average molecular weight is 266 g/mol. The van der Waals surface area contributed by atoms with Gasteiger partial charge in [0.2, 0.25) is 0 Å². The Hall–Kier alpha value is -2.24. The van der Waals surface area contributed by atoms with Crippen molar-refractivity contribution >= 4 is 17.7 Å². The topological polar surface area (TPSA) is 78.9 Å². The second-order valence-corrected chi connectivity index (χ2v) is 4.26. The molecule has 19 heavy (non-hydrogen) atoms. The van der Waals surface area contributed by atoms with Gasteiger partial charge in [0.15, 0.2) is 0 Å². The summed E-state index contributed by atoms with van der Waals surface area (Å²) in [5.41, 5.74) is 1.47. The van der Waals surface area contributed by atoms with E-state index in [9.17, 15) is 9.59 Å². The molecule has 0 aliphatic rings. The molecule has 2 amide bonds. The molecule has 1 unspecified atom stereocenters. The van der Waals surface area contributed by atoms with Crippen molar-refractivity contribution in [2.24, 2.45) is 0 Å². The normalized spacial score (nSPS) is 11.6. The molecule has 6 heteroatoms. The van der Waals surface area contributed by atoms with Crippen LogP contribution in [-0.2, 0) is 4.79 Å². The van der Waals surface area contributed by atoms with Crippen LogP contribution in [0.5, 0.6) is 5.75 Å². The van der Waals surface area contributed by atoms with Crippen molar-refractivity contribution in [3.05, 3.63) is 23.8 Å². The van der Waals surface area contributed by atoms with E-state index in [2.05, 4.69) is 5.32 Å². The molecular weight excluding hydrogens is 248 g/mol. The van der Waals surface area contributed by atoms with Crippen LogP contribution in [0.4, 0.5) is 10.5 Å². The standard InChI is InChI=1S/C13H18N2O4/c1-8-5-6-11(19-4)10(7-8)14-13(18)15(3)9(2)12(16)17/h5-7,9H,1-4H3,(H,14,18)(H,16,17). The molecule has 0 saturated heterocycles. The lowest BCUT2D eigenvalue weighted by atomic mass is 10.2. The highest BCUT2D eigenvalue weighted by atomic mass is 16.5. The van der Waals surface area contributed by atoms with Crippen LogP contribution in [0.15, 0.2) is 18.2 Å². The summed E-state index contributed by atoms with van der Waals surface area (Å²) in [4.78, 5) is 23.9. The number of likely N-dealkylation sites (N-methyl/N-ethyl adjacent to an activating group) is 1. The summed E-state index contributed by atoms with van der Waals surface area (Å²) in [6.45, 7) is 3.33. The number of aliphatic carboxylic acids is 1. The first-order chi connectivity index (χ1) is 8.86. The van der Waals surface area contributed by atoms with Gasteiger partial charge < -0.3 is 20.1 Å². The van der Waals surface area contributed by atoms with E-state index in [-0.39, 0.29) is 0 Å². The molecule has 0 spiro atoms. The number of hydrogen-bond acceptors (Lipinski definition) is 3. The van der Waals surface area contributed by atoms with E-state index in [1.165, 1.54) is 21.1 Å². The molecule has 1 aromatic rings. The minimum atomic E-state index is -1.06. The van der Waals surface area contributed by atoms with Gasteiger partial charge in [0.1, 0.15) is 11.8 Å². The molecule has 0 aromatic heterocycles. The number of nitrogens with zero attached hydrogens (tertiary/aromatic N) is 1. The smallest absolute Gasteiger partial charge is 0.326 e. The second kappa shape index (κ2) is 6.08. The van der Waals surface area contributed by atoms with Crippen LogP contribution >= 0.6 is 0 Å². The first-order valence-electron chi connectivity index (χ1n) is 5.78. The number of rotatable bonds is 4. The summed E-state index contributed by atoms with van der Waals surface area (Å²) in [7, 11) is 2.93. The monoisotopic (exact) mass is 266 g/mol. The maximum atomic E-state index is 11.9. The van der Waals surface area contributed by atoms with Gasteiger partial charge in [0.05, 0.1) is 12.8 Å². The van der Waals surface area contributed by atoms with Crippen molar-refractivity contribution < 1.29 is 19.4 Å². The Labute approximate surface area is 112 Å². The second-order valence-electron chi connectivity index (χ2n) is 4.26. The van der Waals surface area contributed by atoms with Crippen molar-refractivity contribution in [2.75, 3.05) is 19.5 Å². The Balaban J connectivity index is 2.87. The largest absolute Gasteiger partial charge is 0.495 e. The van der Waals surface area contributed by atoms with E-state index in [1.54, 1.807) is 12.1 Å². The fourth-order valence-electron chi connectivity index (χ4n) is 1.46. The maximum absolute atomic E-state index is 11.9. The zero-order valence-corrected chi connectivity index (χ0v) is 11.4. The van der Waals surface area contributed by atoms with Gasteiger partial charge in [-0.2, -0.15) is 0 Å². The molecular formula is C13H18N2O4. The van der Waals surface area contributed by atoms with Gasteiger partial charge in [0, 0.05) is 7.05 Å². The third kappa shape index (κ3) is 3.61. The van der Waals surface area contributed by atoms with Crippen LogP contribution in [0.1, 0.15) is 12.5 Å². The summed E-state index contributed by atoms with van der Waals surface area (Å²) in [6.07, 6.45) is 0. The Morgan fingerprint density at radius 1 is 1.42 bits per heavy atom. The molecule has 0 saturated carbocycles. The van der Waals surface area contributed by atoms with E-state index < -0.39 is 18.0 Å². The van der Waals surface area contributed by atoms with Crippen molar-refractivity contribution in [1.82, 2.24) is 4.90 Å². The van der Waals surface area contributed by atoms with E-state index in [1.807, 2.05) is 13.0 Å². The zero-order valence-electron chi connectivity index (χ0n) is 11.4. The van der Waals surface area contributed by atoms with Gasteiger partial charge in [-0.25, -0.2) is 9.59 Å². The number of carbonyl (C=O) groups excluding carboxylic acids is 1. The molecule has 0 aliphatic carbocycles. The number of benzene rings is 1. The molecule has 0 radical (unpaired) electrons. The summed E-state index contributed by atoms with van der Waals surface area (Å²) in [5.74, 6) is -0.538. The number of hydrogen-bond donors (Lipinski definition) is 2. The third-order valence-corrected chi connectivity index (χ3v) is 2.86. The Kier molecular flexibility index (Phi) is 4.74. The van der Waals surface area contributed by atoms with Gasteiger partial charge >= 0.3 is 12.0 Å². The predicted octanol–water partition coefficient (Wildman–Crippen LogP) is 1.94. The summed E-state index contributed by atoms with van der Waals surface area (Å²) in [5, 5.41) is 11.5. The van der Waals surface area contributed by atoms with E-state index >= 15 is 0 Å². The lowest BCUT2D eigenvalue weighted by Crippen LogP contribution is -2.42. The fourth-order valence-corrected chi connectivity index (χ4v) is 1.46. The first-order valence-corrected chi connectivity index (χ1v) is 5.78. The highest BCUT2D eigenvalue weighted by Crippen LogP contribution is 2.25. The average Bonchev–Trinajstić information content (AvgIpc) is 2.37. The van der Waals surface area contributed by atoms with Crippen LogP contribution in [0.2, 0.25) is 0 Å². The lowest BCUT2D eigenvalue weighted by Gasteiger charge is -2.22. The summed E-state index contributed by atoms with van der Waals surface area (Å²) < 4.78 is 5.14. The third-order valence-electron chi connectivity index (χ3n) is 2.86. The van der Waals surface area contributed by atoms with Gasteiger partial charge in [-0.05, 0) is 31.5 Å². The van der Waals surface area contributed by atoms with Gasteiger partial charge in [-0.1, -0.05) is 6.07 Å². The van der Waals surface area contributed by atoms with Gasteiger partial charge in [-0.15, -0.1) is 0 Å². The molecule has 0 fully saturated rings. The SMILES string of the molecule is COc1ccc(C)cc1NC(=O)N(C)C(C)C(=O)O. The number of carboxylic acids is 1. The number of carbonyl (C=O) groups is 2. The molecule has 6 nitrogen and oxygen atoms in total. The molecule has 1 aromatic carbocycles. The van der Waals surface area contributed by atoms with Crippen LogP contribution in [0, 0.1) is 6.92 Å². The number of aryl methyl sites for hydroxylation is 1. The van der Waals surface area contributed by atoms with Crippen molar-refractivity contribution in [1.29, 1.82) is 0 Å². The Morgan fingerprint density at radius 3 is 2.58 bits per heavy atom. The molecule has 0 aliphatic heterocycles. The fraction of sp³-hybridized carbons (Fsp3) is 0.385. The number of urea groups is 1. The number of ether oxygens (including phenoxy) is 1. The van der Waals surface area contributed by atoms with Crippen molar-refractivity contribution in [2.45, 2.75) is 19.9 Å². The maximum Gasteiger partial charge on any atom is 0.326 e. The molecule has 0 heterocycles. The first kappa shape index (κ1) is 14.8. The molecule has 1 rings (SSSR count). The quantitative estimate of drug-likeness (QED) is 0.873. The number of anilines is 1. The number of amides is 2. The number of nitrogens with one attached hydrogen (secondary N) is 1. The molecule has 2 N–H and O–H groups in total. The summed E-state index contributed by atoms with van der Waals surface area (Å²) >= 11 is 0. The molecule has 104 valence electrons. The number of methoxy groups -OCH3 is 1. The van der Waals surface area contributed by atoms with Gasteiger partial charge in [-0.3, -0.25) is 0 Å². The van der Waals surface area contributed by atoms with Crippen molar-refractivity contribution in [3.8, 4) is 5.75 Å². The predicted molar refractivity (Wildman–Crippen MR) is 71.6 cm³/mol. The van der Waals surface area contributed by atoms with Crippen LogP contribution < -0.4 is 10.1 Å². The van der Waals surface area contributed by atoms with E-state index in [4.69, 9.17) is 9.84 Å². The summed E-state index contributed by atoms with van der Waals surface area (Å²) in [6, 6.07) is 3.95. The van der Waals surface area contributed by atoms with Crippen LogP contribution in [0.3, 0.4) is 0 Å². The highest BCUT2D eigenvalue weighted by molar-refractivity contribution is 5.93. The Bertz CT molecular complexity index is 488. The highest BCUT2D eigenvalue weighted by Gasteiger charge is 2.22. The van der Waals surface area contributed by atoms with Crippen molar-refractivity contribution in [3.63, 3.8) is 0 Å². The number of carboxylic acid groups (broad SMARTS) is 1. The van der Waals surface area contributed by atoms with Crippen LogP contribution in [0.25, 0.3) is 0 Å². The molecule has 0 bridgehead atoms. The zero-order chi connectivity index (χ0) is 14.6. The van der Waals surface area contributed by atoms with E-state index in [0.29, 0.717) is 11.4 Å². The molecule has 1 atom stereocenters. The van der Waals surface area contributed by atoms with E-state index in [0.717, 1.165) is 10.5 Å².